The predicted molar refractivity (Wildman–Crippen MR) is 65.7 cm³/mol. The van der Waals surface area contributed by atoms with Crippen LogP contribution in [0.2, 0.25) is 0 Å². The maximum Gasteiger partial charge on any atom is 0.166 e. The fourth-order valence-corrected chi connectivity index (χ4v) is 1.57. The van der Waals surface area contributed by atoms with E-state index in [1.165, 1.54) is 0 Å². The Balaban J connectivity index is 2.23. The number of ether oxygens (including phenoxy) is 1. The number of hydrogen-bond acceptors (Lipinski definition) is 3. The molecule has 0 saturated heterocycles. The first-order valence-electron chi connectivity index (χ1n) is 4.89. The normalized spacial score (nSPS) is 10.2. The molecule has 0 spiro atoms. The van der Waals surface area contributed by atoms with Gasteiger partial charge in [0, 0.05) is 4.47 Å². The Bertz CT molecular complexity index is 497. The maximum absolute atomic E-state index is 5.67. The summed E-state index contributed by atoms with van der Waals surface area (Å²) in [6.07, 6.45) is 1.69. The minimum atomic E-state index is 0.688. The standard InChI is InChI=1S/C12H11BrN2O/c1-8-12(7-14-9(2)15-8)16-11-5-3-10(13)4-6-11/h3-7H,1-2H3. The van der Waals surface area contributed by atoms with Crippen molar-refractivity contribution in [1.29, 1.82) is 0 Å². The van der Waals surface area contributed by atoms with Gasteiger partial charge in [-0.25, -0.2) is 9.97 Å². The van der Waals surface area contributed by atoms with Crippen LogP contribution in [-0.2, 0) is 0 Å². The van der Waals surface area contributed by atoms with E-state index in [-0.39, 0.29) is 0 Å². The minimum absolute atomic E-state index is 0.688. The first-order valence-corrected chi connectivity index (χ1v) is 5.68. The summed E-state index contributed by atoms with van der Waals surface area (Å²) in [7, 11) is 0. The van der Waals surface area contributed by atoms with Gasteiger partial charge in [0.15, 0.2) is 5.75 Å². The zero-order chi connectivity index (χ0) is 11.5. The average molecular weight is 279 g/mol. The van der Waals surface area contributed by atoms with Crippen molar-refractivity contribution >= 4 is 15.9 Å². The second-order valence-corrected chi connectivity index (χ2v) is 4.34. The summed E-state index contributed by atoms with van der Waals surface area (Å²) >= 11 is 3.37. The lowest BCUT2D eigenvalue weighted by atomic mass is 10.3. The molecule has 0 fully saturated rings. The number of aryl methyl sites for hydroxylation is 2. The second-order valence-electron chi connectivity index (χ2n) is 3.42. The van der Waals surface area contributed by atoms with E-state index in [0.29, 0.717) is 5.75 Å². The van der Waals surface area contributed by atoms with Gasteiger partial charge in [-0.2, -0.15) is 0 Å². The summed E-state index contributed by atoms with van der Waals surface area (Å²) in [6, 6.07) is 7.65. The third-order valence-electron chi connectivity index (χ3n) is 2.10. The molecule has 2 aromatic rings. The van der Waals surface area contributed by atoms with Crippen molar-refractivity contribution in [3.8, 4) is 11.5 Å². The van der Waals surface area contributed by atoms with E-state index in [2.05, 4.69) is 25.9 Å². The molecule has 1 heterocycles. The van der Waals surface area contributed by atoms with Crippen LogP contribution in [0.1, 0.15) is 11.5 Å². The number of nitrogens with zero attached hydrogens (tertiary/aromatic N) is 2. The van der Waals surface area contributed by atoms with Gasteiger partial charge >= 0.3 is 0 Å². The van der Waals surface area contributed by atoms with E-state index < -0.39 is 0 Å². The van der Waals surface area contributed by atoms with Crippen molar-refractivity contribution in [3.05, 3.63) is 46.5 Å². The highest BCUT2D eigenvalue weighted by atomic mass is 79.9. The van der Waals surface area contributed by atoms with E-state index in [4.69, 9.17) is 4.74 Å². The van der Waals surface area contributed by atoms with Gasteiger partial charge in [-0.1, -0.05) is 15.9 Å². The van der Waals surface area contributed by atoms with Crippen LogP contribution in [0.25, 0.3) is 0 Å². The average Bonchev–Trinajstić information content (AvgIpc) is 2.25. The zero-order valence-electron chi connectivity index (χ0n) is 9.07. The number of aromatic nitrogens is 2. The molecule has 4 heteroatoms. The topological polar surface area (TPSA) is 35.0 Å². The van der Waals surface area contributed by atoms with Gasteiger partial charge in [0.2, 0.25) is 0 Å². The van der Waals surface area contributed by atoms with Gasteiger partial charge < -0.3 is 4.74 Å². The summed E-state index contributed by atoms with van der Waals surface area (Å²) in [4.78, 5) is 8.35. The molecule has 0 N–H and O–H groups in total. The lowest BCUT2D eigenvalue weighted by molar-refractivity contribution is 0.472. The third kappa shape index (κ3) is 2.58. The van der Waals surface area contributed by atoms with Gasteiger partial charge in [-0.05, 0) is 38.1 Å². The molecule has 0 aliphatic carbocycles. The summed E-state index contributed by atoms with van der Waals surface area (Å²) < 4.78 is 6.70. The minimum Gasteiger partial charge on any atom is -0.454 e. The van der Waals surface area contributed by atoms with Gasteiger partial charge in [-0.15, -0.1) is 0 Å². The number of halogens is 1. The Kier molecular flexibility index (Phi) is 3.19. The van der Waals surface area contributed by atoms with E-state index >= 15 is 0 Å². The first-order chi connectivity index (χ1) is 7.65. The highest BCUT2D eigenvalue weighted by Crippen LogP contribution is 2.24. The smallest absolute Gasteiger partial charge is 0.166 e. The molecule has 16 heavy (non-hydrogen) atoms. The number of benzene rings is 1. The molecule has 82 valence electrons. The Morgan fingerprint density at radius 2 is 1.81 bits per heavy atom. The molecule has 0 saturated carbocycles. The van der Waals surface area contributed by atoms with Gasteiger partial charge in [0.25, 0.3) is 0 Å². The van der Waals surface area contributed by atoms with Crippen molar-refractivity contribution in [3.63, 3.8) is 0 Å². The molecule has 0 radical (unpaired) electrons. The lowest BCUT2D eigenvalue weighted by Gasteiger charge is -2.07. The largest absolute Gasteiger partial charge is 0.454 e. The van der Waals surface area contributed by atoms with Gasteiger partial charge in [-0.3, -0.25) is 0 Å². The molecule has 0 atom stereocenters. The van der Waals surface area contributed by atoms with Crippen molar-refractivity contribution < 1.29 is 4.74 Å². The molecule has 0 unspecified atom stereocenters. The molecule has 2 rings (SSSR count). The van der Waals surface area contributed by atoms with Crippen LogP contribution in [-0.4, -0.2) is 9.97 Å². The zero-order valence-corrected chi connectivity index (χ0v) is 10.7. The van der Waals surface area contributed by atoms with Crippen LogP contribution in [0, 0.1) is 13.8 Å². The molecular formula is C12H11BrN2O. The van der Waals surface area contributed by atoms with Crippen LogP contribution >= 0.6 is 15.9 Å². The summed E-state index contributed by atoms with van der Waals surface area (Å²) in [5.41, 5.74) is 0.843. The van der Waals surface area contributed by atoms with Crippen molar-refractivity contribution in [1.82, 2.24) is 9.97 Å². The molecular weight excluding hydrogens is 268 g/mol. The van der Waals surface area contributed by atoms with Crippen LogP contribution < -0.4 is 4.74 Å². The van der Waals surface area contributed by atoms with E-state index in [1.54, 1.807) is 6.20 Å². The Morgan fingerprint density at radius 1 is 1.12 bits per heavy atom. The molecule has 0 aliphatic heterocycles. The summed E-state index contributed by atoms with van der Waals surface area (Å²) in [5.74, 6) is 2.22. The number of hydrogen-bond donors (Lipinski definition) is 0. The highest BCUT2D eigenvalue weighted by Gasteiger charge is 2.03. The van der Waals surface area contributed by atoms with Crippen molar-refractivity contribution in [2.24, 2.45) is 0 Å². The Morgan fingerprint density at radius 3 is 2.44 bits per heavy atom. The molecule has 0 aliphatic rings. The van der Waals surface area contributed by atoms with E-state index in [1.807, 2.05) is 38.1 Å². The van der Waals surface area contributed by atoms with E-state index in [0.717, 1.165) is 21.7 Å². The van der Waals surface area contributed by atoms with E-state index in [9.17, 15) is 0 Å². The molecule has 1 aromatic heterocycles. The van der Waals surface area contributed by atoms with Gasteiger partial charge in [0.1, 0.15) is 11.6 Å². The molecule has 0 amide bonds. The molecule has 0 bridgehead atoms. The van der Waals surface area contributed by atoms with Gasteiger partial charge in [0.05, 0.1) is 11.9 Å². The first kappa shape index (κ1) is 11.1. The van der Waals surface area contributed by atoms with Crippen LogP contribution in [0.15, 0.2) is 34.9 Å². The van der Waals surface area contributed by atoms with Crippen molar-refractivity contribution in [2.45, 2.75) is 13.8 Å². The number of rotatable bonds is 2. The van der Waals surface area contributed by atoms with Crippen LogP contribution in [0.5, 0.6) is 11.5 Å². The lowest BCUT2D eigenvalue weighted by Crippen LogP contribution is -1.94. The molecule has 1 aromatic carbocycles. The Hall–Kier alpha value is -1.42. The highest BCUT2D eigenvalue weighted by molar-refractivity contribution is 9.10. The third-order valence-corrected chi connectivity index (χ3v) is 2.62. The quantitative estimate of drug-likeness (QED) is 0.841. The maximum atomic E-state index is 5.67. The predicted octanol–water partition coefficient (Wildman–Crippen LogP) is 3.65. The fourth-order valence-electron chi connectivity index (χ4n) is 1.30. The van der Waals surface area contributed by atoms with Crippen molar-refractivity contribution in [2.75, 3.05) is 0 Å². The second kappa shape index (κ2) is 4.61. The molecule has 3 nitrogen and oxygen atoms in total. The summed E-state index contributed by atoms with van der Waals surface area (Å²) in [6.45, 7) is 3.76. The fraction of sp³-hybridized carbons (Fsp3) is 0.167. The summed E-state index contributed by atoms with van der Waals surface area (Å²) in [5, 5.41) is 0. The Labute approximate surface area is 103 Å². The van der Waals surface area contributed by atoms with Crippen LogP contribution in [0.4, 0.5) is 0 Å². The monoisotopic (exact) mass is 278 g/mol. The SMILES string of the molecule is Cc1ncc(Oc2ccc(Br)cc2)c(C)n1. The van der Waals surface area contributed by atoms with Crippen LogP contribution in [0.3, 0.4) is 0 Å².